The molecule has 3 aromatic rings. The summed E-state index contributed by atoms with van der Waals surface area (Å²) in [7, 11) is 0. The lowest BCUT2D eigenvalue weighted by Gasteiger charge is -2.26. The van der Waals surface area contributed by atoms with Gasteiger partial charge in [0.1, 0.15) is 30.2 Å². The summed E-state index contributed by atoms with van der Waals surface area (Å²) in [4.78, 5) is 85.8. The fourth-order valence-corrected chi connectivity index (χ4v) is 6.25. The molecule has 6 amide bonds. The van der Waals surface area contributed by atoms with Gasteiger partial charge < -0.3 is 43.0 Å². The summed E-state index contributed by atoms with van der Waals surface area (Å²) in [5.41, 5.74) is 13.8. The van der Waals surface area contributed by atoms with Crippen molar-refractivity contribution in [3.05, 3.63) is 84.6 Å². The van der Waals surface area contributed by atoms with E-state index >= 15 is 0 Å². The molecule has 15 nitrogen and oxygen atoms in total. The minimum absolute atomic E-state index is 0.0252. The van der Waals surface area contributed by atoms with E-state index in [9.17, 15) is 28.8 Å². The predicted octanol–water partition coefficient (Wildman–Crippen LogP) is 0.295. The predicted molar refractivity (Wildman–Crippen MR) is 213 cm³/mol. The van der Waals surface area contributed by atoms with Crippen molar-refractivity contribution in [3.8, 4) is 11.8 Å². The number of aromatic amines is 1. The van der Waals surface area contributed by atoms with Gasteiger partial charge in [-0.05, 0) is 56.8 Å². The molecule has 2 heterocycles. The zero-order chi connectivity index (χ0) is 40.6. The summed E-state index contributed by atoms with van der Waals surface area (Å²) >= 11 is 0. The molecular weight excluding hydrogens is 715 g/mol. The van der Waals surface area contributed by atoms with E-state index in [1.165, 1.54) is 13.8 Å². The fraction of sp³-hybridized carbons (Fsp3) is 0.415. The van der Waals surface area contributed by atoms with E-state index in [-0.39, 0.29) is 25.7 Å². The van der Waals surface area contributed by atoms with Crippen molar-refractivity contribution in [2.45, 2.75) is 88.6 Å². The summed E-state index contributed by atoms with van der Waals surface area (Å²) in [5, 5.41) is 14.4. The van der Waals surface area contributed by atoms with Crippen LogP contribution in [0.5, 0.6) is 0 Å². The molecule has 10 N–H and O–H groups in total. The molecule has 0 radical (unpaired) electrons. The molecule has 1 aliphatic heterocycles. The van der Waals surface area contributed by atoms with E-state index in [1.54, 1.807) is 24.4 Å². The molecule has 6 atom stereocenters. The minimum atomic E-state index is -1.21. The van der Waals surface area contributed by atoms with Gasteiger partial charge in [-0.3, -0.25) is 33.7 Å². The van der Waals surface area contributed by atoms with Crippen LogP contribution in [0.15, 0.2) is 73.4 Å². The number of aromatic nitrogens is 1. The second kappa shape index (κ2) is 21.2. The molecule has 1 aliphatic rings. The molecule has 298 valence electrons. The number of nitrogens with two attached hydrogens (primary N) is 2. The molecule has 0 bridgehead atoms. The van der Waals surface area contributed by atoms with Gasteiger partial charge in [0.05, 0.1) is 12.6 Å². The summed E-state index contributed by atoms with van der Waals surface area (Å²) in [5.74, 6) is 2.07. The summed E-state index contributed by atoms with van der Waals surface area (Å²) in [6, 6.07) is 9.98. The molecule has 0 spiro atoms. The van der Waals surface area contributed by atoms with Gasteiger partial charge in [-0.1, -0.05) is 66.4 Å². The number of carbonyl (C=O) groups excluding carboxylic acids is 6. The molecule has 4 rings (SSSR count). The van der Waals surface area contributed by atoms with Crippen molar-refractivity contribution in [2.75, 3.05) is 19.6 Å². The zero-order valence-electron chi connectivity index (χ0n) is 31.9. The Labute approximate surface area is 327 Å². The largest absolute Gasteiger partial charge is 0.368 e. The Balaban J connectivity index is 1.69. The maximum atomic E-state index is 14.2. The van der Waals surface area contributed by atoms with Crippen molar-refractivity contribution in [1.29, 1.82) is 0 Å². The van der Waals surface area contributed by atoms with E-state index in [1.807, 2.05) is 47.4 Å². The first-order valence-corrected chi connectivity index (χ1v) is 18.8. The highest BCUT2D eigenvalue weighted by atomic mass is 16.2. The normalized spacial score (nSPS) is 23.0. The number of para-hydroxylation sites is 1. The van der Waals surface area contributed by atoms with E-state index in [0.717, 1.165) is 22.0 Å². The Kier molecular flexibility index (Phi) is 16.2. The van der Waals surface area contributed by atoms with E-state index in [4.69, 9.17) is 11.5 Å². The molecular formula is C41H53N9O6. The number of rotatable bonds is 9. The summed E-state index contributed by atoms with van der Waals surface area (Å²) in [6.07, 6.45) is 4.95. The summed E-state index contributed by atoms with van der Waals surface area (Å²) in [6.45, 7) is 8.18. The van der Waals surface area contributed by atoms with E-state index in [2.05, 4.69) is 50.0 Å². The molecule has 15 heteroatoms. The van der Waals surface area contributed by atoms with Crippen molar-refractivity contribution < 1.29 is 28.8 Å². The lowest BCUT2D eigenvalue weighted by molar-refractivity contribution is -0.134. The van der Waals surface area contributed by atoms with Crippen LogP contribution in [0.2, 0.25) is 0 Å². The minimum Gasteiger partial charge on any atom is -0.368 e. The molecule has 1 aromatic heterocycles. The van der Waals surface area contributed by atoms with Crippen LogP contribution < -0.4 is 38.1 Å². The first kappa shape index (κ1) is 42.8. The molecule has 56 heavy (non-hydrogen) atoms. The van der Waals surface area contributed by atoms with Crippen molar-refractivity contribution >= 4 is 46.3 Å². The lowest BCUT2D eigenvalue weighted by Crippen LogP contribution is -2.59. The highest BCUT2D eigenvalue weighted by Crippen LogP contribution is 2.19. The SMILES string of the molecule is C=CCN1CC#CC[C@H](NC(=O)[C@H](C)N)C(=O)N[C@@H](C)C(=O)N[C@@H](Cc2c[nH]c3ccccc23)C(=O)N[C@H](Cc2ccccc2)C(=O)N[C@H](C(N)=O)CCCC1. The average Bonchev–Trinajstić information content (AvgIpc) is 3.58. The van der Waals surface area contributed by atoms with Crippen molar-refractivity contribution in [3.63, 3.8) is 0 Å². The Morgan fingerprint density at radius 2 is 1.59 bits per heavy atom. The van der Waals surface area contributed by atoms with Crippen molar-refractivity contribution in [1.82, 2.24) is 36.5 Å². The van der Waals surface area contributed by atoms with Gasteiger partial charge in [-0.2, -0.15) is 0 Å². The molecule has 0 unspecified atom stereocenters. The average molecular weight is 768 g/mol. The van der Waals surface area contributed by atoms with Gasteiger partial charge in [0.2, 0.25) is 35.4 Å². The number of carbonyl (C=O) groups is 6. The van der Waals surface area contributed by atoms with Crippen molar-refractivity contribution in [2.24, 2.45) is 11.5 Å². The fourth-order valence-electron chi connectivity index (χ4n) is 6.25. The van der Waals surface area contributed by atoms with Crippen LogP contribution in [0.4, 0.5) is 0 Å². The second-order valence-corrected chi connectivity index (χ2v) is 14.0. The smallest absolute Gasteiger partial charge is 0.244 e. The van der Waals surface area contributed by atoms with Gasteiger partial charge in [-0.25, -0.2) is 0 Å². The van der Waals surface area contributed by atoms with Crippen LogP contribution in [-0.4, -0.2) is 101 Å². The molecule has 2 aromatic carbocycles. The number of nitrogens with one attached hydrogen (secondary N) is 6. The third-order valence-corrected chi connectivity index (χ3v) is 9.44. The maximum Gasteiger partial charge on any atom is 0.244 e. The third kappa shape index (κ3) is 12.8. The van der Waals surface area contributed by atoms with Crippen LogP contribution in [0.1, 0.15) is 50.7 Å². The monoisotopic (exact) mass is 767 g/mol. The van der Waals surface area contributed by atoms with Gasteiger partial charge in [0.15, 0.2) is 0 Å². The Hall–Kier alpha value is -5.98. The Morgan fingerprint density at radius 1 is 0.911 bits per heavy atom. The Bertz CT molecular complexity index is 1920. The number of primary amides is 1. The Morgan fingerprint density at radius 3 is 2.30 bits per heavy atom. The first-order chi connectivity index (χ1) is 26.9. The molecule has 0 aliphatic carbocycles. The number of fused-ring (bicyclic) bond motifs is 1. The van der Waals surface area contributed by atoms with E-state index < -0.39 is 71.7 Å². The number of hydrogen-bond acceptors (Lipinski definition) is 8. The highest BCUT2D eigenvalue weighted by Gasteiger charge is 2.32. The molecule has 0 fully saturated rings. The number of benzene rings is 2. The highest BCUT2D eigenvalue weighted by molar-refractivity contribution is 5.97. The zero-order valence-corrected chi connectivity index (χ0v) is 31.9. The maximum absolute atomic E-state index is 14.2. The van der Waals surface area contributed by atoms with Crippen LogP contribution in [0, 0.1) is 11.8 Å². The van der Waals surface area contributed by atoms with Crippen LogP contribution in [-0.2, 0) is 41.6 Å². The standard InChI is InChI=1S/C41H53N9O6/c1-4-20-50-21-12-10-18-32(36(43)51)46-40(55)34(23-28-14-6-5-7-15-28)49-41(56)35(24-29-25-44-31-17-9-8-16-30(29)31)48-38(53)27(3)45-39(54)33(19-11-13-22-50)47-37(52)26(2)42/h4-9,14-17,25-27,32-35,44H,1,10,12,18-24,42H2,2-3H3,(H2,43,51)(H,45,54)(H,46,55)(H,47,52)(H,48,53)(H,49,56)/t26-,27-,32-,33-,34+,35-/m0/s1. The van der Waals surface area contributed by atoms with Gasteiger partial charge in [0, 0.05) is 42.9 Å². The third-order valence-electron chi connectivity index (χ3n) is 9.44. The molecule has 0 saturated heterocycles. The first-order valence-electron chi connectivity index (χ1n) is 18.8. The van der Waals surface area contributed by atoms with E-state index in [0.29, 0.717) is 32.5 Å². The topological polar surface area (TPSA) is 234 Å². The number of amides is 6. The van der Waals surface area contributed by atoms with Crippen LogP contribution in [0.3, 0.4) is 0 Å². The van der Waals surface area contributed by atoms with Crippen LogP contribution in [0.25, 0.3) is 10.9 Å². The number of hydrogen-bond donors (Lipinski definition) is 8. The second-order valence-electron chi connectivity index (χ2n) is 14.0. The van der Waals surface area contributed by atoms with Gasteiger partial charge in [0.25, 0.3) is 0 Å². The van der Waals surface area contributed by atoms with Gasteiger partial charge >= 0.3 is 0 Å². The van der Waals surface area contributed by atoms with Gasteiger partial charge in [-0.15, -0.1) is 6.58 Å². The quantitative estimate of drug-likeness (QED) is 0.111. The number of nitrogens with zero attached hydrogens (tertiary/aromatic N) is 1. The number of H-pyrrole nitrogens is 1. The van der Waals surface area contributed by atoms with Crippen LogP contribution >= 0.6 is 0 Å². The summed E-state index contributed by atoms with van der Waals surface area (Å²) < 4.78 is 0. The molecule has 0 saturated carbocycles. The lowest BCUT2D eigenvalue weighted by atomic mass is 10.0.